The standard InChI is InChI=1S/C18H17N3O/c1-13(11-14-7-3-2-4-8-14)20-21-18(22)16-12-19-17-10-6-5-9-15(16)17/h2-10,12,19H,11H2,1H3,(H,21,22). The molecule has 2 N–H and O–H groups in total. The number of hydrogen-bond acceptors (Lipinski definition) is 2. The number of para-hydroxylation sites is 1. The van der Waals surface area contributed by atoms with E-state index >= 15 is 0 Å². The number of aromatic nitrogens is 1. The average Bonchev–Trinajstić information content (AvgIpc) is 2.98. The van der Waals surface area contributed by atoms with Gasteiger partial charge in [0.05, 0.1) is 5.56 Å². The van der Waals surface area contributed by atoms with Crippen molar-refractivity contribution in [1.82, 2.24) is 10.4 Å². The predicted octanol–water partition coefficient (Wildman–Crippen LogP) is 3.52. The van der Waals surface area contributed by atoms with E-state index in [9.17, 15) is 4.79 Å². The van der Waals surface area contributed by atoms with Crippen molar-refractivity contribution in [3.8, 4) is 0 Å². The fraction of sp³-hybridized carbons (Fsp3) is 0.111. The van der Waals surface area contributed by atoms with Crippen molar-refractivity contribution < 1.29 is 4.79 Å². The van der Waals surface area contributed by atoms with Gasteiger partial charge in [-0.2, -0.15) is 5.10 Å². The number of hydrogen-bond donors (Lipinski definition) is 2. The van der Waals surface area contributed by atoms with Gasteiger partial charge in [0.2, 0.25) is 0 Å². The van der Waals surface area contributed by atoms with Crippen molar-refractivity contribution >= 4 is 22.5 Å². The monoisotopic (exact) mass is 291 g/mol. The first-order valence-electron chi connectivity index (χ1n) is 7.17. The van der Waals surface area contributed by atoms with E-state index in [-0.39, 0.29) is 5.91 Å². The van der Waals surface area contributed by atoms with Crippen LogP contribution < -0.4 is 5.43 Å². The molecule has 4 nitrogen and oxygen atoms in total. The molecule has 1 amide bonds. The van der Waals surface area contributed by atoms with Crippen molar-refractivity contribution in [3.63, 3.8) is 0 Å². The van der Waals surface area contributed by atoms with E-state index in [2.05, 4.69) is 15.5 Å². The highest BCUT2D eigenvalue weighted by molar-refractivity contribution is 6.06. The quantitative estimate of drug-likeness (QED) is 0.561. The lowest BCUT2D eigenvalue weighted by atomic mass is 10.1. The lowest BCUT2D eigenvalue weighted by Crippen LogP contribution is -2.19. The summed E-state index contributed by atoms with van der Waals surface area (Å²) >= 11 is 0. The summed E-state index contributed by atoms with van der Waals surface area (Å²) in [6, 6.07) is 17.8. The zero-order valence-corrected chi connectivity index (χ0v) is 12.3. The van der Waals surface area contributed by atoms with Gasteiger partial charge in [0.15, 0.2) is 0 Å². The van der Waals surface area contributed by atoms with Crippen LogP contribution in [0.3, 0.4) is 0 Å². The number of fused-ring (bicyclic) bond motifs is 1. The number of carbonyl (C=O) groups excluding carboxylic acids is 1. The molecule has 0 radical (unpaired) electrons. The Morgan fingerprint density at radius 2 is 1.82 bits per heavy atom. The fourth-order valence-corrected chi connectivity index (χ4v) is 2.40. The van der Waals surface area contributed by atoms with Crippen LogP contribution in [-0.4, -0.2) is 16.6 Å². The molecule has 0 aliphatic carbocycles. The second-order valence-corrected chi connectivity index (χ2v) is 5.20. The van der Waals surface area contributed by atoms with E-state index in [0.717, 1.165) is 23.0 Å². The van der Waals surface area contributed by atoms with Gasteiger partial charge in [-0.1, -0.05) is 48.5 Å². The third-order valence-corrected chi connectivity index (χ3v) is 3.48. The maximum absolute atomic E-state index is 12.2. The summed E-state index contributed by atoms with van der Waals surface area (Å²) in [6.45, 7) is 1.91. The Labute approximate surface area is 128 Å². The first kappa shape index (κ1) is 14.1. The first-order valence-corrected chi connectivity index (χ1v) is 7.17. The summed E-state index contributed by atoms with van der Waals surface area (Å²) in [4.78, 5) is 15.3. The smallest absolute Gasteiger partial charge is 0.273 e. The number of aromatic amines is 1. The molecular formula is C18H17N3O. The number of carbonyl (C=O) groups is 1. The van der Waals surface area contributed by atoms with Gasteiger partial charge in [0, 0.05) is 29.2 Å². The highest BCUT2D eigenvalue weighted by atomic mass is 16.2. The van der Waals surface area contributed by atoms with E-state index in [0.29, 0.717) is 5.56 Å². The minimum Gasteiger partial charge on any atom is -0.360 e. The molecular weight excluding hydrogens is 274 g/mol. The van der Waals surface area contributed by atoms with Crippen LogP contribution in [0.4, 0.5) is 0 Å². The number of benzene rings is 2. The van der Waals surface area contributed by atoms with Gasteiger partial charge < -0.3 is 4.98 Å². The Bertz CT molecular complexity index is 818. The van der Waals surface area contributed by atoms with Gasteiger partial charge in [-0.15, -0.1) is 0 Å². The molecule has 3 aromatic rings. The van der Waals surface area contributed by atoms with Crippen LogP contribution in [0.5, 0.6) is 0 Å². The minimum absolute atomic E-state index is 0.204. The highest BCUT2D eigenvalue weighted by Crippen LogP contribution is 2.17. The summed E-state index contributed by atoms with van der Waals surface area (Å²) in [6.07, 6.45) is 2.43. The topological polar surface area (TPSA) is 57.2 Å². The number of nitrogens with zero attached hydrogens (tertiary/aromatic N) is 1. The Morgan fingerprint density at radius 1 is 1.09 bits per heavy atom. The van der Waals surface area contributed by atoms with Crippen LogP contribution in [0, 0.1) is 0 Å². The number of hydrazone groups is 1. The van der Waals surface area contributed by atoms with E-state index in [1.165, 1.54) is 5.56 Å². The third-order valence-electron chi connectivity index (χ3n) is 3.48. The molecule has 0 fully saturated rings. The van der Waals surface area contributed by atoms with Crippen LogP contribution in [0.25, 0.3) is 10.9 Å². The van der Waals surface area contributed by atoms with Crippen molar-refractivity contribution in [1.29, 1.82) is 0 Å². The van der Waals surface area contributed by atoms with Gasteiger partial charge in [-0.05, 0) is 18.6 Å². The van der Waals surface area contributed by atoms with Crippen molar-refractivity contribution in [2.45, 2.75) is 13.3 Å². The molecule has 1 heterocycles. The van der Waals surface area contributed by atoms with Crippen LogP contribution >= 0.6 is 0 Å². The fourth-order valence-electron chi connectivity index (χ4n) is 2.40. The zero-order chi connectivity index (χ0) is 15.4. The molecule has 0 unspecified atom stereocenters. The number of nitrogens with one attached hydrogen (secondary N) is 2. The van der Waals surface area contributed by atoms with Gasteiger partial charge in [-0.25, -0.2) is 5.43 Å². The Morgan fingerprint density at radius 3 is 2.64 bits per heavy atom. The normalized spacial score (nSPS) is 11.6. The van der Waals surface area contributed by atoms with Gasteiger partial charge in [0.25, 0.3) is 5.91 Å². The van der Waals surface area contributed by atoms with E-state index in [4.69, 9.17) is 0 Å². The van der Waals surface area contributed by atoms with Gasteiger partial charge >= 0.3 is 0 Å². The molecule has 2 aromatic carbocycles. The summed E-state index contributed by atoms with van der Waals surface area (Å²) < 4.78 is 0. The van der Waals surface area contributed by atoms with Crippen molar-refractivity contribution in [2.24, 2.45) is 5.10 Å². The maximum atomic E-state index is 12.2. The molecule has 0 saturated carbocycles. The van der Waals surface area contributed by atoms with E-state index in [1.54, 1.807) is 6.20 Å². The number of H-pyrrole nitrogens is 1. The Balaban J connectivity index is 1.70. The largest absolute Gasteiger partial charge is 0.360 e. The number of rotatable bonds is 4. The van der Waals surface area contributed by atoms with E-state index in [1.807, 2.05) is 61.5 Å². The summed E-state index contributed by atoms with van der Waals surface area (Å²) in [5.74, 6) is -0.204. The molecule has 3 rings (SSSR count). The Hall–Kier alpha value is -2.88. The third kappa shape index (κ3) is 3.06. The summed E-state index contributed by atoms with van der Waals surface area (Å²) in [5, 5.41) is 5.08. The summed E-state index contributed by atoms with van der Waals surface area (Å²) in [5.41, 5.74) is 6.20. The zero-order valence-electron chi connectivity index (χ0n) is 12.3. The van der Waals surface area contributed by atoms with Crippen LogP contribution in [0.15, 0.2) is 65.9 Å². The molecule has 0 atom stereocenters. The molecule has 0 bridgehead atoms. The predicted molar refractivity (Wildman–Crippen MR) is 89.0 cm³/mol. The van der Waals surface area contributed by atoms with Crippen LogP contribution in [-0.2, 0) is 6.42 Å². The summed E-state index contributed by atoms with van der Waals surface area (Å²) in [7, 11) is 0. The molecule has 0 aliphatic heterocycles. The Kier molecular flexibility index (Phi) is 4.01. The lowest BCUT2D eigenvalue weighted by Gasteiger charge is -2.02. The molecule has 1 aromatic heterocycles. The van der Waals surface area contributed by atoms with E-state index < -0.39 is 0 Å². The SMILES string of the molecule is CC(Cc1ccccc1)=NNC(=O)c1c[nH]c2ccccc12. The maximum Gasteiger partial charge on any atom is 0.273 e. The number of amides is 1. The van der Waals surface area contributed by atoms with Gasteiger partial charge in [0.1, 0.15) is 0 Å². The molecule has 4 heteroatoms. The van der Waals surface area contributed by atoms with Gasteiger partial charge in [-0.3, -0.25) is 4.79 Å². The second kappa shape index (κ2) is 6.26. The van der Waals surface area contributed by atoms with Crippen LogP contribution in [0.2, 0.25) is 0 Å². The minimum atomic E-state index is -0.204. The molecule has 0 spiro atoms. The molecule has 0 saturated heterocycles. The molecule has 22 heavy (non-hydrogen) atoms. The van der Waals surface area contributed by atoms with Crippen LogP contribution in [0.1, 0.15) is 22.8 Å². The first-order chi connectivity index (χ1) is 10.7. The highest BCUT2D eigenvalue weighted by Gasteiger charge is 2.10. The van der Waals surface area contributed by atoms with Crippen molar-refractivity contribution in [3.05, 3.63) is 71.9 Å². The van der Waals surface area contributed by atoms with Crippen molar-refractivity contribution in [2.75, 3.05) is 0 Å². The average molecular weight is 291 g/mol. The molecule has 0 aliphatic rings. The second-order valence-electron chi connectivity index (χ2n) is 5.20. The lowest BCUT2D eigenvalue weighted by molar-refractivity contribution is 0.0956. The molecule has 110 valence electrons.